The van der Waals surface area contributed by atoms with Crippen LogP contribution in [0.5, 0.6) is 0 Å². The van der Waals surface area contributed by atoms with E-state index in [1.54, 1.807) is 0 Å². The Morgan fingerprint density at radius 1 is 0.692 bits per heavy atom. The smallest absolute Gasteiger partial charge is 0.264 e. The molecule has 0 atom stereocenters. The lowest BCUT2D eigenvalue weighted by Gasteiger charge is -2.59. The van der Waals surface area contributed by atoms with E-state index in [2.05, 4.69) is 58.9 Å². The SMILES string of the molecule is C[Si](C)(C)[Si](C(=O)OC12CC3CC(CC(C3)C1)C2)([Si](C)(C)C)[Si](C)(C)C. The van der Waals surface area contributed by atoms with Crippen LogP contribution >= 0.6 is 0 Å². The molecule has 0 radical (unpaired) electrons. The average Bonchev–Trinajstić information content (AvgIpc) is 2.29. The van der Waals surface area contributed by atoms with Gasteiger partial charge in [0.15, 0.2) is 6.63 Å². The van der Waals surface area contributed by atoms with Gasteiger partial charge in [-0.2, -0.15) is 0 Å². The molecular weight excluding hydrogens is 385 g/mol. The Morgan fingerprint density at radius 2 is 1.00 bits per heavy atom. The summed E-state index contributed by atoms with van der Waals surface area (Å²) in [6.07, 6.45) is 7.77. The van der Waals surface area contributed by atoms with Gasteiger partial charge in [0.25, 0.3) is 5.59 Å². The number of rotatable bonds is 5. The summed E-state index contributed by atoms with van der Waals surface area (Å²) in [7, 11) is -4.85. The maximum atomic E-state index is 14.2. The van der Waals surface area contributed by atoms with Gasteiger partial charge in [0, 0.05) is 22.8 Å². The van der Waals surface area contributed by atoms with Crippen molar-refractivity contribution >= 4 is 35.0 Å². The third-order valence-corrected chi connectivity index (χ3v) is 78.0. The summed E-state index contributed by atoms with van der Waals surface area (Å²) in [4.78, 5) is 14.2. The van der Waals surface area contributed by atoms with Gasteiger partial charge in [0.2, 0.25) is 0 Å². The predicted octanol–water partition coefficient (Wildman–Crippen LogP) is 6.37. The second-order valence-corrected chi connectivity index (χ2v) is 53.1. The molecule has 0 aromatic rings. The molecule has 4 aliphatic rings. The summed E-state index contributed by atoms with van der Waals surface area (Å²) in [5.74, 6) is 2.53. The Balaban J connectivity index is 1.99. The van der Waals surface area contributed by atoms with Crippen LogP contribution in [0.3, 0.4) is 0 Å². The van der Waals surface area contributed by atoms with E-state index in [9.17, 15) is 4.79 Å². The molecule has 26 heavy (non-hydrogen) atoms. The molecule has 6 heteroatoms. The lowest BCUT2D eigenvalue weighted by molar-refractivity contribution is -0.122. The van der Waals surface area contributed by atoms with Crippen molar-refractivity contribution < 1.29 is 9.53 Å². The highest BCUT2D eigenvalue weighted by molar-refractivity contribution is 7.96. The van der Waals surface area contributed by atoms with Gasteiger partial charge in [-0.05, 0) is 56.3 Å². The third-order valence-electron chi connectivity index (χ3n) is 7.97. The van der Waals surface area contributed by atoms with Crippen molar-refractivity contribution in [3.63, 3.8) is 0 Å². The monoisotopic (exact) mass is 426 g/mol. The van der Waals surface area contributed by atoms with Crippen molar-refractivity contribution in [2.45, 2.75) is 103 Å². The molecule has 150 valence electrons. The van der Waals surface area contributed by atoms with Crippen LogP contribution in [0, 0.1) is 17.8 Å². The van der Waals surface area contributed by atoms with Crippen LogP contribution < -0.4 is 0 Å². The fraction of sp³-hybridized carbons (Fsp3) is 0.950. The van der Waals surface area contributed by atoms with Gasteiger partial charge in [0.1, 0.15) is 5.60 Å². The summed E-state index contributed by atoms with van der Waals surface area (Å²) >= 11 is 0. The Labute approximate surface area is 165 Å². The van der Waals surface area contributed by atoms with Crippen LogP contribution in [0.25, 0.3) is 0 Å². The van der Waals surface area contributed by atoms with Crippen molar-refractivity contribution in [1.82, 2.24) is 0 Å². The van der Waals surface area contributed by atoms with Crippen LogP contribution in [-0.4, -0.2) is 40.6 Å². The van der Waals surface area contributed by atoms with E-state index < -0.39 is 29.4 Å². The van der Waals surface area contributed by atoms with Crippen LogP contribution in [0.2, 0.25) is 58.9 Å². The van der Waals surface area contributed by atoms with Gasteiger partial charge in [-0.15, -0.1) is 0 Å². The maximum Gasteiger partial charge on any atom is 0.264 e. The van der Waals surface area contributed by atoms with E-state index in [-0.39, 0.29) is 5.60 Å². The molecule has 0 N–H and O–H groups in total. The fourth-order valence-electron chi connectivity index (χ4n) is 8.72. The summed E-state index contributed by atoms with van der Waals surface area (Å²) in [6, 6.07) is 0. The molecule has 0 aromatic heterocycles. The molecular formula is C20H42O2Si4. The van der Waals surface area contributed by atoms with Crippen molar-refractivity contribution in [2.75, 3.05) is 0 Å². The second kappa shape index (κ2) is 6.17. The van der Waals surface area contributed by atoms with Crippen LogP contribution in [0.4, 0.5) is 4.79 Å². The zero-order chi connectivity index (χ0) is 19.8. The highest BCUT2D eigenvalue weighted by Gasteiger charge is 2.69. The number of carbonyl (C=O) groups is 1. The van der Waals surface area contributed by atoms with Crippen molar-refractivity contribution in [3.8, 4) is 0 Å². The van der Waals surface area contributed by atoms with Gasteiger partial charge < -0.3 is 4.74 Å². The van der Waals surface area contributed by atoms with Gasteiger partial charge in [-0.25, -0.2) is 0 Å². The molecule has 4 saturated carbocycles. The zero-order valence-corrected chi connectivity index (χ0v) is 22.8. The van der Waals surface area contributed by atoms with Crippen molar-refractivity contribution in [2.24, 2.45) is 17.8 Å². The quantitative estimate of drug-likeness (QED) is 0.477. The minimum atomic E-state index is -2.10. The Hall–Kier alpha value is 0.338. The molecule has 0 amide bonds. The van der Waals surface area contributed by atoms with Crippen molar-refractivity contribution in [1.29, 1.82) is 0 Å². The largest absolute Gasteiger partial charge is 0.464 e. The average molecular weight is 427 g/mol. The van der Waals surface area contributed by atoms with Crippen molar-refractivity contribution in [3.05, 3.63) is 0 Å². The summed E-state index contributed by atoms with van der Waals surface area (Å²) < 4.78 is 6.82. The van der Waals surface area contributed by atoms with E-state index >= 15 is 0 Å². The Morgan fingerprint density at radius 3 is 1.27 bits per heavy atom. The summed E-state index contributed by atoms with van der Waals surface area (Å²) in [6.45, 7) is 20.4. The highest BCUT2D eigenvalue weighted by atomic mass is 29.9. The lowest BCUT2D eigenvalue weighted by Crippen LogP contribution is -2.87. The van der Waals surface area contributed by atoms with Crippen LogP contribution in [-0.2, 0) is 4.74 Å². The Bertz CT molecular complexity index is 509. The topological polar surface area (TPSA) is 26.3 Å². The molecule has 4 bridgehead atoms. The summed E-state index contributed by atoms with van der Waals surface area (Å²) in [5.41, 5.74) is 0.320. The molecule has 0 saturated heterocycles. The fourth-order valence-corrected chi connectivity index (χ4v) is 105. The van der Waals surface area contributed by atoms with E-state index in [1.165, 1.54) is 38.5 Å². The van der Waals surface area contributed by atoms with Gasteiger partial charge in [-0.1, -0.05) is 58.9 Å². The molecule has 0 aromatic carbocycles. The minimum Gasteiger partial charge on any atom is -0.464 e. The summed E-state index contributed by atoms with van der Waals surface area (Å²) in [5, 5.41) is 0. The van der Waals surface area contributed by atoms with E-state index in [1.807, 2.05) is 0 Å². The standard InChI is InChI=1S/C20H42O2Si4/c1-23(2,3)26(24(4,5)6,25(7,8)9)19(21)22-20-13-16-10-17(14-20)12-18(11-16)15-20/h16-18H,10-15H2,1-9H3. The van der Waals surface area contributed by atoms with Gasteiger partial charge >= 0.3 is 0 Å². The number of hydrogen-bond donors (Lipinski definition) is 0. The molecule has 4 fully saturated rings. The molecule has 0 heterocycles. The first-order valence-corrected chi connectivity index (χ1v) is 26.3. The molecule has 0 spiro atoms. The number of carbonyl (C=O) groups excluding carboxylic acids is 1. The first-order chi connectivity index (χ1) is 11.6. The first-order valence-electron chi connectivity index (χ1n) is 10.8. The predicted molar refractivity (Wildman–Crippen MR) is 123 cm³/mol. The zero-order valence-electron chi connectivity index (χ0n) is 18.8. The van der Waals surface area contributed by atoms with Crippen LogP contribution in [0.15, 0.2) is 0 Å². The van der Waals surface area contributed by atoms with E-state index in [0.29, 0.717) is 5.59 Å². The normalized spacial score (nSPS) is 34.9. The second-order valence-electron chi connectivity index (χ2n) is 13.0. The molecule has 0 aliphatic heterocycles. The van der Waals surface area contributed by atoms with Crippen LogP contribution in [0.1, 0.15) is 38.5 Å². The highest BCUT2D eigenvalue weighted by Crippen LogP contribution is 2.57. The van der Waals surface area contributed by atoms with E-state index in [4.69, 9.17) is 4.74 Å². The number of ether oxygens (including phenoxy) is 1. The van der Waals surface area contributed by atoms with Gasteiger partial charge in [0.05, 0.1) is 0 Å². The van der Waals surface area contributed by atoms with Gasteiger partial charge in [-0.3, -0.25) is 4.79 Å². The third kappa shape index (κ3) is 3.10. The molecule has 4 rings (SSSR count). The molecule has 4 aliphatic carbocycles. The lowest BCUT2D eigenvalue weighted by atomic mass is 9.54. The van der Waals surface area contributed by atoms with E-state index in [0.717, 1.165) is 17.8 Å². The molecule has 2 nitrogen and oxygen atoms in total. The first kappa shape index (κ1) is 21.1. The molecule has 0 unspecified atom stereocenters. The number of hydrogen-bond acceptors (Lipinski definition) is 2. The maximum absolute atomic E-state index is 14.2. The Kier molecular flexibility index (Phi) is 4.99. The minimum absolute atomic E-state index is 0.0664.